The first kappa shape index (κ1) is 17.2. The van der Waals surface area contributed by atoms with Gasteiger partial charge in [-0.25, -0.2) is 0 Å². The predicted molar refractivity (Wildman–Crippen MR) is 60.1 cm³/mol. The van der Waals surface area contributed by atoms with E-state index in [9.17, 15) is 0 Å². The molecule has 0 amide bonds. The summed E-state index contributed by atoms with van der Waals surface area (Å²) in [5, 5.41) is 0. The molecule has 0 aromatic heterocycles. The lowest BCUT2D eigenvalue weighted by Gasteiger charge is -1.70. The maximum Gasteiger partial charge on any atom is -0.00297 e. The molecule has 0 spiro atoms. The van der Waals surface area contributed by atoms with Crippen LogP contribution < -0.4 is 0 Å². The number of hydrogen-bond acceptors (Lipinski definition) is 0. The van der Waals surface area contributed by atoms with Crippen molar-refractivity contribution < 1.29 is 0 Å². The smallest absolute Gasteiger partial charge is 0.00297 e. The molecule has 0 aliphatic heterocycles. The van der Waals surface area contributed by atoms with Gasteiger partial charge in [-0.2, -0.15) is 0 Å². The summed E-state index contributed by atoms with van der Waals surface area (Å²) in [5.41, 5.74) is 0. The van der Waals surface area contributed by atoms with E-state index in [1.54, 1.807) is 6.92 Å². The van der Waals surface area contributed by atoms with Crippen molar-refractivity contribution in [1.29, 1.82) is 0 Å². The third-order valence-electron chi connectivity index (χ3n) is 0.675. The summed E-state index contributed by atoms with van der Waals surface area (Å²) in [5.74, 6) is 2.25. The highest BCUT2D eigenvalue weighted by atomic mass is 13.6. The van der Waals surface area contributed by atoms with Crippen LogP contribution in [-0.4, -0.2) is 0 Å². The number of allylic oxidation sites excluding steroid dienone is 4. The Labute approximate surface area is 78.4 Å². The van der Waals surface area contributed by atoms with Crippen LogP contribution >= 0.6 is 0 Å². The molecule has 0 atom stereocenters. The van der Waals surface area contributed by atoms with E-state index < -0.39 is 0 Å². The zero-order valence-corrected chi connectivity index (χ0v) is 9.09. The van der Waals surface area contributed by atoms with Crippen molar-refractivity contribution in [2.75, 3.05) is 0 Å². The fraction of sp³-hybridized carbons (Fsp3) is 0.500. The topological polar surface area (TPSA) is 0 Å². The van der Waals surface area contributed by atoms with Crippen LogP contribution in [0.3, 0.4) is 0 Å². The highest BCUT2D eigenvalue weighted by Gasteiger charge is 1.57. The highest BCUT2D eigenvalue weighted by molar-refractivity contribution is 5.00. The van der Waals surface area contributed by atoms with Gasteiger partial charge in [-0.3, -0.25) is 0 Å². The third kappa shape index (κ3) is 63.2. The Balaban J connectivity index is -0.000000137. The molecular weight excluding hydrogens is 144 g/mol. The Morgan fingerprint density at radius 2 is 1.67 bits per heavy atom. The van der Waals surface area contributed by atoms with E-state index in [-0.39, 0.29) is 0 Å². The molecule has 70 valence electrons. The molecule has 0 nitrogen and oxygen atoms in total. The van der Waals surface area contributed by atoms with Gasteiger partial charge in [-0.15, -0.1) is 12.3 Å². The molecule has 0 aromatic rings. The van der Waals surface area contributed by atoms with Crippen molar-refractivity contribution in [2.24, 2.45) is 0 Å². The Morgan fingerprint density at radius 1 is 1.25 bits per heavy atom. The first-order valence-corrected chi connectivity index (χ1v) is 4.48. The standard InChI is InChI=1S/C7H12.C3H4.C2H6/c1-3-5-7-6-4-2;1-3-2;1-2/h3,5-7H,4H2,1-2H3;1H,2H3;1-2H3/b5-3-,7-6-;;. The summed E-state index contributed by atoms with van der Waals surface area (Å²) in [6.45, 7) is 9.79. The minimum Gasteiger partial charge on any atom is -0.120 e. The van der Waals surface area contributed by atoms with Crippen molar-refractivity contribution in [2.45, 2.75) is 41.0 Å². The van der Waals surface area contributed by atoms with E-state index in [2.05, 4.69) is 31.4 Å². The molecule has 0 saturated heterocycles. The Bertz CT molecular complexity index is 121. The monoisotopic (exact) mass is 166 g/mol. The molecule has 0 aliphatic rings. The maximum atomic E-state index is 4.60. The van der Waals surface area contributed by atoms with Gasteiger partial charge in [0.25, 0.3) is 0 Å². The molecular formula is C12H22. The SMILES string of the molecule is C#CC.C/C=C\C=C/CC.CC. The Hall–Kier alpha value is -0.960. The molecule has 0 fully saturated rings. The lowest BCUT2D eigenvalue weighted by Crippen LogP contribution is -1.48. The molecule has 0 radical (unpaired) electrons. The molecule has 0 bridgehead atoms. The molecule has 0 rings (SSSR count). The summed E-state index contributed by atoms with van der Waals surface area (Å²) >= 11 is 0. The zero-order valence-electron chi connectivity index (χ0n) is 9.09. The van der Waals surface area contributed by atoms with Gasteiger partial charge in [-0.05, 0) is 20.3 Å². The van der Waals surface area contributed by atoms with Crippen molar-refractivity contribution >= 4 is 0 Å². The van der Waals surface area contributed by atoms with Crippen molar-refractivity contribution in [3.8, 4) is 12.3 Å². The minimum absolute atomic E-state index is 1.13. The van der Waals surface area contributed by atoms with Crippen LogP contribution in [0.1, 0.15) is 41.0 Å². The van der Waals surface area contributed by atoms with Crippen molar-refractivity contribution in [3.63, 3.8) is 0 Å². The quantitative estimate of drug-likeness (QED) is 0.426. The van der Waals surface area contributed by atoms with E-state index in [0.717, 1.165) is 6.42 Å². The summed E-state index contributed by atoms with van der Waals surface area (Å²) in [4.78, 5) is 0. The van der Waals surface area contributed by atoms with Gasteiger partial charge < -0.3 is 0 Å². The Morgan fingerprint density at radius 3 is 1.92 bits per heavy atom. The molecule has 0 aromatic carbocycles. The number of hydrogen-bond donors (Lipinski definition) is 0. The first-order chi connectivity index (χ1) is 5.83. The second kappa shape index (κ2) is 32.3. The number of rotatable bonds is 2. The Kier molecular flexibility index (Phi) is 46.3. The van der Waals surface area contributed by atoms with Gasteiger partial charge in [0.2, 0.25) is 0 Å². The lowest BCUT2D eigenvalue weighted by molar-refractivity contribution is 1.22. The van der Waals surface area contributed by atoms with E-state index >= 15 is 0 Å². The van der Waals surface area contributed by atoms with Crippen LogP contribution in [0.4, 0.5) is 0 Å². The molecule has 0 unspecified atom stereocenters. The van der Waals surface area contributed by atoms with Gasteiger partial charge in [0.05, 0.1) is 0 Å². The second-order valence-corrected chi connectivity index (χ2v) is 1.65. The van der Waals surface area contributed by atoms with Gasteiger partial charge >= 0.3 is 0 Å². The van der Waals surface area contributed by atoms with Gasteiger partial charge in [0.1, 0.15) is 0 Å². The molecule has 0 heterocycles. The van der Waals surface area contributed by atoms with Crippen LogP contribution in [0, 0.1) is 12.3 Å². The van der Waals surface area contributed by atoms with Crippen LogP contribution in [0.2, 0.25) is 0 Å². The van der Waals surface area contributed by atoms with Crippen LogP contribution in [0.25, 0.3) is 0 Å². The molecule has 0 N–H and O–H groups in total. The van der Waals surface area contributed by atoms with E-state index in [1.165, 1.54) is 0 Å². The minimum atomic E-state index is 1.13. The highest BCUT2D eigenvalue weighted by Crippen LogP contribution is 1.79. The van der Waals surface area contributed by atoms with Gasteiger partial charge in [0, 0.05) is 0 Å². The van der Waals surface area contributed by atoms with Crippen LogP contribution in [-0.2, 0) is 0 Å². The summed E-state index contributed by atoms with van der Waals surface area (Å²) in [6, 6.07) is 0. The second-order valence-electron chi connectivity index (χ2n) is 1.65. The van der Waals surface area contributed by atoms with Crippen molar-refractivity contribution in [1.82, 2.24) is 0 Å². The van der Waals surface area contributed by atoms with Crippen molar-refractivity contribution in [3.05, 3.63) is 24.3 Å². The third-order valence-corrected chi connectivity index (χ3v) is 0.675. The summed E-state index contributed by atoms with van der Waals surface area (Å²) in [6.07, 6.45) is 14.0. The molecule has 0 heteroatoms. The molecule has 0 aliphatic carbocycles. The number of terminal acetylenes is 1. The summed E-state index contributed by atoms with van der Waals surface area (Å²) < 4.78 is 0. The fourth-order valence-corrected chi connectivity index (χ4v) is 0.326. The average Bonchev–Trinajstić information content (AvgIpc) is 2.11. The van der Waals surface area contributed by atoms with Gasteiger partial charge in [0.15, 0.2) is 0 Å². The van der Waals surface area contributed by atoms with Gasteiger partial charge in [-0.1, -0.05) is 45.1 Å². The molecule has 0 saturated carbocycles. The van der Waals surface area contributed by atoms with E-state index in [0.29, 0.717) is 0 Å². The predicted octanol–water partition coefficient (Wildman–Crippen LogP) is 4.19. The van der Waals surface area contributed by atoms with E-state index in [4.69, 9.17) is 0 Å². The lowest BCUT2D eigenvalue weighted by atomic mass is 10.4. The zero-order chi connectivity index (χ0) is 10.2. The van der Waals surface area contributed by atoms with E-state index in [1.807, 2.05) is 32.9 Å². The maximum absolute atomic E-state index is 4.60. The van der Waals surface area contributed by atoms with Crippen LogP contribution in [0.5, 0.6) is 0 Å². The molecule has 12 heavy (non-hydrogen) atoms. The van der Waals surface area contributed by atoms with Crippen LogP contribution in [0.15, 0.2) is 24.3 Å². The summed E-state index contributed by atoms with van der Waals surface area (Å²) in [7, 11) is 0. The largest absolute Gasteiger partial charge is 0.120 e. The normalized spacial score (nSPS) is 8.00. The first-order valence-electron chi connectivity index (χ1n) is 4.48. The fourth-order valence-electron chi connectivity index (χ4n) is 0.326. The average molecular weight is 166 g/mol.